The number of hydrogen-bond acceptors (Lipinski definition) is 15. The fourth-order valence-electron chi connectivity index (χ4n) is 7.66. The lowest BCUT2D eigenvalue weighted by Gasteiger charge is -2.31. The molecule has 3 N–H and O–H groups in total. The highest BCUT2D eigenvalue weighted by Crippen LogP contribution is 2.51. The van der Waals surface area contributed by atoms with Gasteiger partial charge >= 0.3 is 7.82 Å². The van der Waals surface area contributed by atoms with Gasteiger partial charge in [-0.05, 0) is 58.4 Å². The van der Waals surface area contributed by atoms with Gasteiger partial charge in [-0.25, -0.2) is 14.1 Å². The van der Waals surface area contributed by atoms with Gasteiger partial charge in [0.15, 0.2) is 11.6 Å². The summed E-state index contributed by atoms with van der Waals surface area (Å²) < 4.78 is 57.8. The van der Waals surface area contributed by atoms with Crippen molar-refractivity contribution in [3.63, 3.8) is 0 Å². The van der Waals surface area contributed by atoms with Crippen molar-refractivity contribution < 1.29 is 47.1 Å². The Morgan fingerprint density at radius 1 is 0.968 bits per heavy atom. The summed E-state index contributed by atoms with van der Waals surface area (Å²) in [5, 5.41) is 36.9. The number of phosphoric acid groups is 1. The molecule has 5 atom stereocenters. The molecule has 1 fully saturated rings. The molecule has 63 heavy (non-hydrogen) atoms. The van der Waals surface area contributed by atoms with E-state index in [1.165, 1.54) is 132 Å². The van der Waals surface area contributed by atoms with Gasteiger partial charge in [0.25, 0.3) is 5.69 Å². The molecule has 4 rings (SSSR count). The standard InChI is InChI=1S/C45H71N6O11P/c1-6-7-8-9-10-11-12-13-14-15-16-17-18-19-20-21-28-56-30-39(59-35(2)3)32-58-63(55,62-37-24-22-36(23-25-37)51(53)54)57-31-38-29-42(61-44(4,5)52)45(33-46,60-38)41-27-26-40-43(47)48-34-49-50(40)41/h22-27,34-35,38-39,42,52H,6-21,28-32H2,1-5H3,(H2,47,48,49)/t38-,39+,42+,45-,63?/m0/s1. The van der Waals surface area contributed by atoms with Crippen LogP contribution >= 0.6 is 7.82 Å². The number of non-ortho nitro benzene ring substituents is 1. The van der Waals surface area contributed by atoms with E-state index in [9.17, 15) is 25.0 Å². The first-order chi connectivity index (χ1) is 30.2. The van der Waals surface area contributed by atoms with Gasteiger partial charge in [-0.1, -0.05) is 103 Å². The Hall–Kier alpha value is -3.72. The van der Waals surface area contributed by atoms with E-state index in [-0.39, 0.29) is 48.7 Å². The molecule has 0 spiro atoms. The van der Waals surface area contributed by atoms with E-state index in [0.29, 0.717) is 12.1 Å². The number of nitro groups is 1. The number of phosphoric ester groups is 1. The maximum atomic E-state index is 14.4. The number of anilines is 1. The van der Waals surface area contributed by atoms with Crippen molar-refractivity contribution in [1.29, 1.82) is 5.26 Å². The van der Waals surface area contributed by atoms with Crippen molar-refractivity contribution in [2.45, 2.75) is 180 Å². The quantitative estimate of drug-likeness (QED) is 0.0191. The second kappa shape index (κ2) is 26.3. The molecule has 1 aliphatic rings. The van der Waals surface area contributed by atoms with Crippen LogP contribution < -0.4 is 10.3 Å². The smallest absolute Gasteiger partial charge is 0.404 e. The number of nitrogens with two attached hydrogens (primary N) is 1. The van der Waals surface area contributed by atoms with Crippen molar-refractivity contribution in [1.82, 2.24) is 14.6 Å². The zero-order valence-electron chi connectivity index (χ0n) is 38.0. The normalized spacial score (nSPS) is 19.3. The number of rotatable bonds is 33. The number of nitrogens with zero attached hydrogens (tertiary/aromatic N) is 5. The first-order valence-electron chi connectivity index (χ1n) is 22.8. The number of nitro benzene ring substituents is 1. The fraction of sp³-hybridized carbons (Fsp3) is 0.711. The Bertz CT molecular complexity index is 1890. The molecular weight excluding hydrogens is 831 g/mol. The van der Waals surface area contributed by atoms with E-state index < -0.39 is 49.1 Å². The predicted octanol–water partition coefficient (Wildman–Crippen LogP) is 10.1. The van der Waals surface area contributed by atoms with Crippen molar-refractivity contribution >= 4 is 24.8 Å². The third kappa shape index (κ3) is 17.3. The van der Waals surface area contributed by atoms with E-state index in [1.807, 2.05) is 13.8 Å². The summed E-state index contributed by atoms with van der Waals surface area (Å²) >= 11 is 0. The van der Waals surface area contributed by atoms with Crippen LogP contribution in [-0.4, -0.2) is 81.3 Å². The largest absolute Gasteiger partial charge is 0.530 e. The summed E-state index contributed by atoms with van der Waals surface area (Å²) in [6, 6.07) is 10.4. The van der Waals surface area contributed by atoms with Gasteiger partial charge in [-0.3, -0.25) is 19.2 Å². The molecule has 0 bridgehead atoms. The summed E-state index contributed by atoms with van der Waals surface area (Å²) in [6.45, 7) is 8.90. The molecule has 1 aromatic carbocycles. The molecule has 1 unspecified atom stereocenters. The molecule has 3 aromatic rings. The van der Waals surface area contributed by atoms with Gasteiger partial charge < -0.3 is 34.3 Å². The van der Waals surface area contributed by atoms with E-state index >= 15 is 0 Å². The zero-order chi connectivity index (χ0) is 45.7. The first kappa shape index (κ1) is 51.9. The number of fused-ring (bicyclic) bond motifs is 1. The maximum Gasteiger partial charge on any atom is 0.530 e. The lowest BCUT2D eigenvalue weighted by Crippen LogP contribution is -2.43. The average molecular weight is 903 g/mol. The van der Waals surface area contributed by atoms with Crippen LogP contribution in [-0.2, 0) is 38.2 Å². The minimum absolute atomic E-state index is 0.00909. The SMILES string of the molecule is CCCCCCCCCCCCCCCCCCOC[C@H](COP(=O)(OC[C@@H]1C[C@@H](OC(C)(C)O)[C@](C#N)(c2ccc3c(N)ncnn23)O1)Oc1ccc([N+](=O)[O-])cc1)OC(C)C. The Morgan fingerprint density at radius 2 is 1.57 bits per heavy atom. The number of nitrogen functional groups attached to an aromatic ring is 1. The fourth-order valence-corrected chi connectivity index (χ4v) is 8.92. The Labute approximate surface area is 373 Å². The van der Waals surface area contributed by atoms with Gasteiger partial charge in [0.05, 0.1) is 42.6 Å². The third-order valence-corrected chi connectivity index (χ3v) is 12.1. The highest BCUT2D eigenvalue weighted by Gasteiger charge is 2.55. The summed E-state index contributed by atoms with van der Waals surface area (Å²) in [7, 11) is -4.53. The molecule has 0 saturated carbocycles. The van der Waals surface area contributed by atoms with Gasteiger partial charge in [0.1, 0.15) is 35.9 Å². The maximum absolute atomic E-state index is 14.4. The summed E-state index contributed by atoms with van der Waals surface area (Å²) in [4.78, 5) is 14.8. The van der Waals surface area contributed by atoms with E-state index in [4.69, 9.17) is 38.3 Å². The van der Waals surface area contributed by atoms with Crippen molar-refractivity contribution in [2.75, 3.05) is 32.2 Å². The lowest BCUT2D eigenvalue weighted by atomic mass is 9.93. The lowest BCUT2D eigenvalue weighted by molar-refractivity contribution is -0.384. The van der Waals surface area contributed by atoms with Crippen LogP contribution in [0, 0.1) is 21.4 Å². The molecule has 2 aromatic heterocycles. The van der Waals surface area contributed by atoms with Crippen LogP contribution in [0.4, 0.5) is 11.5 Å². The first-order valence-corrected chi connectivity index (χ1v) is 24.3. The molecule has 18 heteroatoms. The second-order valence-corrected chi connectivity index (χ2v) is 18.7. The Balaban J connectivity index is 1.32. The molecule has 1 saturated heterocycles. The summed E-state index contributed by atoms with van der Waals surface area (Å²) in [5.74, 6) is -1.51. The van der Waals surface area contributed by atoms with Crippen molar-refractivity contribution in [3.05, 3.63) is 58.5 Å². The van der Waals surface area contributed by atoms with Crippen LogP contribution in [0.25, 0.3) is 5.52 Å². The topological polar surface area (TPSA) is 225 Å². The van der Waals surface area contributed by atoms with E-state index in [2.05, 4.69) is 23.1 Å². The minimum atomic E-state index is -4.53. The molecule has 3 heterocycles. The molecule has 352 valence electrons. The van der Waals surface area contributed by atoms with Gasteiger partial charge in [0, 0.05) is 25.2 Å². The van der Waals surface area contributed by atoms with Gasteiger partial charge in [0.2, 0.25) is 5.60 Å². The van der Waals surface area contributed by atoms with Crippen molar-refractivity contribution in [3.8, 4) is 11.8 Å². The highest BCUT2D eigenvalue weighted by atomic mass is 31.2. The van der Waals surface area contributed by atoms with Crippen LogP contribution in [0.15, 0.2) is 42.7 Å². The van der Waals surface area contributed by atoms with Crippen LogP contribution in [0.5, 0.6) is 5.75 Å². The predicted molar refractivity (Wildman–Crippen MR) is 239 cm³/mol. The number of benzene rings is 1. The Morgan fingerprint density at radius 3 is 2.13 bits per heavy atom. The number of ether oxygens (including phenoxy) is 4. The van der Waals surface area contributed by atoms with E-state index in [1.54, 1.807) is 12.1 Å². The number of aromatic nitrogens is 3. The van der Waals surface area contributed by atoms with Gasteiger partial charge in [-0.2, -0.15) is 10.4 Å². The van der Waals surface area contributed by atoms with Crippen LogP contribution in [0.3, 0.4) is 0 Å². The number of aliphatic hydroxyl groups is 1. The molecule has 0 amide bonds. The zero-order valence-corrected chi connectivity index (χ0v) is 38.9. The Kier molecular flexibility index (Phi) is 21.7. The molecular formula is C45H71N6O11P. The molecule has 0 aliphatic carbocycles. The van der Waals surface area contributed by atoms with E-state index in [0.717, 1.165) is 19.3 Å². The molecule has 1 aliphatic heterocycles. The molecule has 17 nitrogen and oxygen atoms in total. The minimum Gasteiger partial charge on any atom is -0.404 e. The summed E-state index contributed by atoms with van der Waals surface area (Å²) in [5.41, 5.74) is 4.74. The monoisotopic (exact) mass is 902 g/mol. The second-order valence-electron chi connectivity index (χ2n) is 17.1. The van der Waals surface area contributed by atoms with Crippen molar-refractivity contribution in [2.24, 2.45) is 0 Å². The molecule has 0 radical (unpaired) electrons. The third-order valence-electron chi connectivity index (χ3n) is 10.8. The number of hydrogen-bond donors (Lipinski definition) is 2. The van der Waals surface area contributed by atoms with Crippen LogP contribution in [0.2, 0.25) is 0 Å². The summed E-state index contributed by atoms with van der Waals surface area (Å²) in [6.07, 6.45) is 18.9. The highest BCUT2D eigenvalue weighted by molar-refractivity contribution is 7.48. The number of unbranched alkanes of at least 4 members (excludes halogenated alkanes) is 15. The van der Waals surface area contributed by atoms with Crippen LogP contribution in [0.1, 0.15) is 149 Å². The van der Waals surface area contributed by atoms with Gasteiger partial charge in [-0.15, -0.1) is 0 Å². The number of nitriles is 1. The average Bonchev–Trinajstić information content (AvgIpc) is 3.83.